The predicted molar refractivity (Wildman–Crippen MR) is 97.5 cm³/mol. The molecule has 0 radical (unpaired) electrons. The second-order valence-corrected chi connectivity index (χ2v) is 5.96. The minimum absolute atomic E-state index is 0.223. The van der Waals surface area contributed by atoms with E-state index in [4.69, 9.17) is 10.2 Å². The molecule has 1 heterocycles. The Hall–Kier alpha value is -3.41. The molecule has 0 unspecified atom stereocenters. The van der Waals surface area contributed by atoms with Crippen LogP contribution in [0.25, 0.3) is 11.5 Å². The van der Waals surface area contributed by atoms with Crippen LogP contribution in [0.4, 0.5) is 0 Å². The average Bonchev–Trinajstić information content (AvgIpc) is 3.01. The molecule has 0 fully saturated rings. The molecule has 2 amide bonds. The van der Waals surface area contributed by atoms with E-state index in [1.807, 2.05) is 30.3 Å². The minimum Gasteiger partial charge on any atom is -0.441 e. The lowest BCUT2D eigenvalue weighted by molar-refractivity contribution is 0.0949. The zero-order chi connectivity index (χ0) is 18.7. The van der Waals surface area contributed by atoms with E-state index in [1.54, 1.807) is 26.0 Å². The van der Waals surface area contributed by atoms with E-state index >= 15 is 0 Å². The Morgan fingerprint density at radius 3 is 2.54 bits per heavy atom. The highest BCUT2D eigenvalue weighted by Crippen LogP contribution is 2.21. The number of oxazole rings is 1. The molecular formula is C20H19N3O3. The van der Waals surface area contributed by atoms with E-state index in [-0.39, 0.29) is 12.5 Å². The fourth-order valence-corrected chi connectivity index (χ4v) is 2.58. The first kappa shape index (κ1) is 17.4. The zero-order valence-corrected chi connectivity index (χ0v) is 14.6. The number of rotatable bonds is 5. The van der Waals surface area contributed by atoms with Crippen molar-refractivity contribution in [3.8, 4) is 11.5 Å². The normalized spacial score (nSPS) is 10.5. The minimum atomic E-state index is -0.570. The molecule has 0 aliphatic rings. The van der Waals surface area contributed by atoms with E-state index in [0.29, 0.717) is 28.5 Å². The molecule has 0 aliphatic heterocycles. The van der Waals surface area contributed by atoms with Gasteiger partial charge in [-0.3, -0.25) is 9.59 Å². The van der Waals surface area contributed by atoms with Crippen LogP contribution in [-0.4, -0.2) is 16.8 Å². The lowest BCUT2D eigenvalue weighted by atomic mass is 10.0. The Morgan fingerprint density at radius 2 is 1.85 bits per heavy atom. The van der Waals surface area contributed by atoms with Crippen LogP contribution in [0.1, 0.15) is 37.7 Å². The van der Waals surface area contributed by atoms with Crippen molar-refractivity contribution < 1.29 is 14.0 Å². The fourth-order valence-electron chi connectivity index (χ4n) is 2.58. The number of hydrogen-bond donors (Lipinski definition) is 2. The molecule has 0 bridgehead atoms. The van der Waals surface area contributed by atoms with Gasteiger partial charge in [0.05, 0.1) is 6.54 Å². The van der Waals surface area contributed by atoms with Gasteiger partial charge in [-0.1, -0.05) is 24.3 Å². The van der Waals surface area contributed by atoms with Crippen LogP contribution in [0.3, 0.4) is 0 Å². The van der Waals surface area contributed by atoms with Crippen molar-refractivity contribution in [3.63, 3.8) is 0 Å². The molecule has 6 heteroatoms. The molecule has 3 rings (SSSR count). The summed E-state index contributed by atoms with van der Waals surface area (Å²) < 4.78 is 5.69. The molecule has 0 atom stereocenters. The van der Waals surface area contributed by atoms with Crippen molar-refractivity contribution in [2.24, 2.45) is 5.73 Å². The number of nitrogens with zero attached hydrogens (tertiary/aromatic N) is 1. The standard InChI is InChI=1S/C20H19N3O3/c1-12-8-9-15(18(21)24)10-16(12)19(25)22-11-17-13(2)26-20(23-17)14-6-4-3-5-7-14/h3-10H,11H2,1-2H3,(H2,21,24)(H,22,25). The number of amides is 2. The number of carbonyl (C=O) groups is 2. The van der Waals surface area contributed by atoms with Crippen LogP contribution in [0.2, 0.25) is 0 Å². The molecule has 2 aromatic carbocycles. The topological polar surface area (TPSA) is 98.2 Å². The highest BCUT2D eigenvalue weighted by molar-refractivity contribution is 6.00. The average molecular weight is 349 g/mol. The van der Waals surface area contributed by atoms with Crippen LogP contribution in [0, 0.1) is 13.8 Å². The van der Waals surface area contributed by atoms with E-state index < -0.39 is 5.91 Å². The van der Waals surface area contributed by atoms with Gasteiger partial charge in [0.2, 0.25) is 11.8 Å². The van der Waals surface area contributed by atoms with Crippen LogP contribution in [-0.2, 0) is 6.54 Å². The quantitative estimate of drug-likeness (QED) is 0.740. The van der Waals surface area contributed by atoms with Gasteiger partial charge in [-0.05, 0) is 43.7 Å². The molecule has 3 N–H and O–H groups in total. The second-order valence-electron chi connectivity index (χ2n) is 5.96. The largest absolute Gasteiger partial charge is 0.441 e. The summed E-state index contributed by atoms with van der Waals surface area (Å²) in [6, 6.07) is 14.3. The van der Waals surface area contributed by atoms with E-state index in [1.165, 1.54) is 6.07 Å². The van der Waals surface area contributed by atoms with Gasteiger partial charge >= 0.3 is 0 Å². The van der Waals surface area contributed by atoms with Crippen molar-refractivity contribution in [1.29, 1.82) is 0 Å². The first-order chi connectivity index (χ1) is 12.5. The Kier molecular flexibility index (Phi) is 4.84. The fraction of sp³-hybridized carbons (Fsp3) is 0.150. The number of aromatic nitrogens is 1. The van der Waals surface area contributed by atoms with Gasteiger partial charge in [-0.15, -0.1) is 0 Å². The number of carbonyl (C=O) groups excluding carboxylic acids is 2. The van der Waals surface area contributed by atoms with Crippen LogP contribution in [0.15, 0.2) is 52.9 Å². The number of benzene rings is 2. The summed E-state index contributed by atoms with van der Waals surface area (Å²) >= 11 is 0. The van der Waals surface area contributed by atoms with E-state index in [0.717, 1.165) is 11.1 Å². The molecule has 0 aliphatic carbocycles. The lowest BCUT2D eigenvalue weighted by Crippen LogP contribution is -2.25. The number of nitrogens with two attached hydrogens (primary N) is 1. The third kappa shape index (κ3) is 3.64. The maximum absolute atomic E-state index is 12.5. The summed E-state index contributed by atoms with van der Waals surface area (Å²) in [4.78, 5) is 28.3. The van der Waals surface area contributed by atoms with Crippen molar-refractivity contribution in [2.75, 3.05) is 0 Å². The van der Waals surface area contributed by atoms with Crippen molar-refractivity contribution in [3.05, 3.63) is 76.7 Å². The SMILES string of the molecule is Cc1ccc(C(N)=O)cc1C(=O)NCc1nc(-c2ccccc2)oc1C. The number of primary amides is 1. The zero-order valence-electron chi connectivity index (χ0n) is 14.6. The molecule has 0 saturated heterocycles. The Balaban J connectivity index is 1.75. The highest BCUT2D eigenvalue weighted by Gasteiger charge is 2.15. The molecule has 1 aromatic heterocycles. The maximum Gasteiger partial charge on any atom is 0.251 e. The van der Waals surface area contributed by atoms with E-state index in [2.05, 4.69) is 10.3 Å². The Bertz CT molecular complexity index is 962. The van der Waals surface area contributed by atoms with Gasteiger partial charge in [0, 0.05) is 16.7 Å². The summed E-state index contributed by atoms with van der Waals surface area (Å²) in [5.74, 6) is 0.291. The molecule has 3 aromatic rings. The summed E-state index contributed by atoms with van der Waals surface area (Å²) in [7, 11) is 0. The Morgan fingerprint density at radius 1 is 1.12 bits per heavy atom. The Labute approximate surface area is 151 Å². The molecule has 6 nitrogen and oxygen atoms in total. The van der Waals surface area contributed by atoms with Gasteiger partial charge < -0.3 is 15.5 Å². The van der Waals surface area contributed by atoms with Crippen LogP contribution < -0.4 is 11.1 Å². The van der Waals surface area contributed by atoms with Crippen molar-refractivity contribution >= 4 is 11.8 Å². The van der Waals surface area contributed by atoms with Gasteiger partial charge in [0.1, 0.15) is 11.5 Å². The second kappa shape index (κ2) is 7.23. The molecule has 26 heavy (non-hydrogen) atoms. The number of hydrogen-bond acceptors (Lipinski definition) is 4. The van der Waals surface area contributed by atoms with Crippen molar-refractivity contribution in [1.82, 2.24) is 10.3 Å². The van der Waals surface area contributed by atoms with Gasteiger partial charge in [-0.25, -0.2) is 4.98 Å². The lowest BCUT2D eigenvalue weighted by Gasteiger charge is -2.08. The summed E-state index contributed by atoms with van der Waals surface area (Å²) in [5, 5.41) is 2.81. The summed E-state index contributed by atoms with van der Waals surface area (Å²) in [6.45, 7) is 3.83. The summed E-state index contributed by atoms with van der Waals surface area (Å²) in [5.41, 5.74) is 8.27. The molecule has 0 saturated carbocycles. The molecule has 0 spiro atoms. The maximum atomic E-state index is 12.5. The smallest absolute Gasteiger partial charge is 0.251 e. The monoisotopic (exact) mass is 349 g/mol. The van der Waals surface area contributed by atoms with Crippen LogP contribution in [0.5, 0.6) is 0 Å². The van der Waals surface area contributed by atoms with Gasteiger partial charge in [0.25, 0.3) is 5.91 Å². The molecule has 132 valence electrons. The first-order valence-electron chi connectivity index (χ1n) is 8.16. The summed E-state index contributed by atoms with van der Waals surface area (Å²) in [6.07, 6.45) is 0. The van der Waals surface area contributed by atoms with Crippen LogP contribution >= 0.6 is 0 Å². The van der Waals surface area contributed by atoms with E-state index in [9.17, 15) is 9.59 Å². The first-order valence-corrected chi connectivity index (χ1v) is 8.16. The van der Waals surface area contributed by atoms with Crippen molar-refractivity contribution in [2.45, 2.75) is 20.4 Å². The molecular weight excluding hydrogens is 330 g/mol. The predicted octanol–water partition coefficient (Wildman–Crippen LogP) is 2.99. The third-order valence-electron chi connectivity index (χ3n) is 4.10. The van der Waals surface area contributed by atoms with Gasteiger partial charge in [-0.2, -0.15) is 0 Å². The highest BCUT2D eigenvalue weighted by atomic mass is 16.4. The third-order valence-corrected chi connectivity index (χ3v) is 4.10. The van der Waals surface area contributed by atoms with Gasteiger partial charge in [0.15, 0.2) is 0 Å². The number of aryl methyl sites for hydroxylation is 2. The number of nitrogens with one attached hydrogen (secondary N) is 1.